The molecule has 0 atom stereocenters. The van der Waals surface area contributed by atoms with Gasteiger partial charge in [0.2, 0.25) is 10.0 Å². The van der Waals surface area contributed by atoms with Crippen molar-refractivity contribution in [2.75, 3.05) is 25.5 Å². The van der Waals surface area contributed by atoms with Crippen LogP contribution < -0.4 is 5.32 Å². The van der Waals surface area contributed by atoms with Gasteiger partial charge in [0.15, 0.2) is 0 Å². The molecule has 0 aromatic heterocycles. The number of hydrogen-bond acceptors (Lipinski definition) is 5. The molecule has 2 aromatic rings. The maximum Gasteiger partial charge on any atom is 0.339 e. The zero-order valence-electron chi connectivity index (χ0n) is 17.5. The molecule has 9 heteroatoms. The highest BCUT2D eigenvalue weighted by atomic mass is 35.5. The Morgan fingerprint density at radius 3 is 2.32 bits per heavy atom. The number of carbonyl (C=O) groups is 2. The van der Waals surface area contributed by atoms with Gasteiger partial charge in [0, 0.05) is 24.3 Å². The molecule has 0 bridgehead atoms. The van der Waals surface area contributed by atoms with Gasteiger partial charge >= 0.3 is 5.97 Å². The van der Waals surface area contributed by atoms with E-state index in [-0.39, 0.29) is 21.0 Å². The molecule has 0 aliphatic carbocycles. The number of amides is 1. The van der Waals surface area contributed by atoms with Crippen molar-refractivity contribution >= 4 is 39.2 Å². The molecule has 166 valence electrons. The van der Waals surface area contributed by atoms with Crippen molar-refractivity contribution in [1.29, 1.82) is 0 Å². The molecule has 1 aliphatic heterocycles. The lowest BCUT2D eigenvalue weighted by Crippen LogP contribution is -2.32. The van der Waals surface area contributed by atoms with Gasteiger partial charge in [-0.25, -0.2) is 13.2 Å². The number of nitrogens with one attached hydrogen (secondary N) is 1. The molecule has 3 rings (SSSR count). The van der Waals surface area contributed by atoms with Crippen LogP contribution in [0.4, 0.5) is 5.69 Å². The molecule has 1 N–H and O–H groups in total. The topological polar surface area (TPSA) is 92.8 Å². The number of halogens is 1. The summed E-state index contributed by atoms with van der Waals surface area (Å²) in [6, 6.07) is 9.02. The van der Waals surface area contributed by atoms with Crippen LogP contribution in [-0.4, -0.2) is 44.8 Å². The third-order valence-electron chi connectivity index (χ3n) is 5.29. The molecule has 1 fully saturated rings. The molecule has 1 aliphatic rings. The van der Waals surface area contributed by atoms with Gasteiger partial charge in [-0.3, -0.25) is 4.79 Å². The van der Waals surface area contributed by atoms with Crippen molar-refractivity contribution in [2.24, 2.45) is 0 Å². The molecule has 2 aromatic carbocycles. The molecule has 0 spiro atoms. The lowest BCUT2D eigenvalue weighted by atomic mass is 10.1. The van der Waals surface area contributed by atoms with E-state index in [1.807, 2.05) is 0 Å². The zero-order valence-corrected chi connectivity index (χ0v) is 19.1. The predicted molar refractivity (Wildman–Crippen MR) is 119 cm³/mol. The lowest BCUT2D eigenvalue weighted by molar-refractivity contribution is 0.0600. The van der Waals surface area contributed by atoms with Crippen LogP contribution in [0.1, 0.15) is 52.0 Å². The standard InChI is InChI=1S/C22H25ClN2O5S/c1-15-7-9-17(31(28,29)25-11-5-3-4-6-12-25)14-18(15)21(26)24-16-8-10-20(23)19(13-16)22(27)30-2/h7-10,13-14H,3-6,11-12H2,1-2H3,(H,24,26). The van der Waals surface area contributed by atoms with E-state index < -0.39 is 21.9 Å². The Bertz CT molecular complexity index is 1090. The van der Waals surface area contributed by atoms with Crippen LogP contribution in [0, 0.1) is 6.92 Å². The Morgan fingerprint density at radius 1 is 1.00 bits per heavy atom. The van der Waals surface area contributed by atoms with Crippen molar-refractivity contribution in [3.05, 3.63) is 58.1 Å². The first-order chi connectivity index (χ1) is 14.7. The second kappa shape index (κ2) is 9.80. The second-order valence-electron chi connectivity index (χ2n) is 7.44. The summed E-state index contributed by atoms with van der Waals surface area (Å²) in [5.74, 6) is -1.11. The molecular weight excluding hydrogens is 440 g/mol. The molecule has 1 heterocycles. The van der Waals surface area contributed by atoms with Gasteiger partial charge < -0.3 is 10.1 Å². The van der Waals surface area contributed by atoms with Crippen molar-refractivity contribution in [3.63, 3.8) is 0 Å². The maximum atomic E-state index is 13.1. The summed E-state index contributed by atoms with van der Waals surface area (Å²) in [4.78, 5) is 24.8. The average molecular weight is 465 g/mol. The number of sulfonamides is 1. The Labute approximate surface area is 187 Å². The van der Waals surface area contributed by atoms with Gasteiger partial charge in [-0.05, 0) is 55.7 Å². The summed E-state index contributed by atoms with van der Waals surface area (Å²) in [6.07, 6.45) is 3.69. The monoisotopic (exact) mass is 464 g/mol. The fourth-order valence-corrected chi connectivity index (χ4v) is 5.24. The zero-order chi connectivity index (χ0) is 22.6. The summed E-state index contributed by atoms with van der Waals surface area (Å²) >= 11 is 6.02. The molecule has 1 amide bonds. The third kappa shape index (κ3) is 5.26. The third-order valence-corrected chi connectivity index (χ3v) is 7.51. The number of esters is 1. The summed E-state index contributed by atoms with van der Waals surface area (Å²) in [5, 5.41) is 2.90. The molecule has 0 radical (unpaired) electrons. The van der Waals surface area contributed by atoms with Crippen LogP contribution >= 0.6 is 11.6 Å². The number of benzene rings is 2. The Kier molecular flexibility index (Phi) is 7.35. The number of methoxy groups -OCH3 is 1. The number of rotatable bonds is 5. The molecule has 1 saturated heterocycles. The number of carbonyl (C=O) groups excluding carboxylic acids is 2. The van der Waals surface area contributed by atoms with Gasteiger partial charge in [-0.2, -0.15) is 4.31 Å². The Balaban J connectivity index is 1.88. The SMILES string of the molecule is COC(=O)c1cc(NC(=O)c2cc(S(=O)(=O)N3CCCCCC3)ccc2C)ccc1Cl. The molecule has 7 nitrogen and oxygen atoms in total. The van der Waals surface area contributed by atoms with Gasteiger partial charge in [-0.15, -0.1) is 0 Å². The Hall–Kier alpha value is -2.42. The number of ether oxygens (including phenoxy) is 1. The van der Waals surface area contributed by atoms with Gasteiger partial charge in [0.1, 0.15) is 0 Å². The predicted octanol–water partition coefficient (Wildman–Crippen LogP) is 4.25. The van der Waals surface area contributed by atoms with Crippen LogP contribution in [-0.2, 0) is 14.8 Å². The number of hydrogen-bond donors (Lipinski definition) is 1. The minimum atomic E-state index is -3.68. The second-order valence-corrected chi connectivity index (χ2v) is 9.78. The van der Waals surface area contributed by atoms with Crippen molar-refractivity contribution in [2.45, 2.75) is 37.5 Å². The lowest BCUT2D eigenvalue weighted by Gasteiger charge is -2.20. The van der Waals surface area contributed by atoms with Crippen LogP contribution in [0.15, 0.2) is 41.3 Å². The van der Waals surface area contributed by atoms with E-state index in [0.717, 1.165) is 25.7 Å². The molecule has 31 heavy (non-hydrogen) atoms. The summed E-state index contributed by atoms with van der Waals surface area (Å²) in [7, 11) is -2.44. The van der Waals surface area contributed by atoms with Crippen molar-refractivity contribution < 1.29 is 22.7 Å². The largest absolute Gasteiger partial charge is 0.465 e. The highest BCUT2D eigenvalue weighted by Crippen LogP contribution is 2.25. The van der Waals surface area contributed by atoms with E-state index in [2.05, 4.69) is 5.32 Å². The highest BCUT2D eigenvalue weighted by Gasteiger charge is 2.26. The highest BCUT2D eigenvalue weighted by molar-refractivity contribution is 7.89. The quantitative estimate of drug-likeness (QED) is 0.667. The van der Waals surface area contributed by atoms with E-state index >= 15 is 0 Å². The first-order valence-electron chi connectivity index (χ1n) is 10.0. The van der Waals surface area contributed by atoms with E-state index in [1.165, 1.54) is 35.7 Å². The van der Waals surface area contributed by atoms with Crippen LogP contribution in [0.2, 0.25) is 5.02 Å². The van der Waals surface area contributed by atoms with Crippen LogP contribution in [0.3, 0.4) is 0 Å². The number of anilines is 1. The van der Waals surface area contributed by atoms with E-state index in [0.29, 0.717) is 24.3 Å². The fraction of sp³-hybridized carbons (Fsp3) is 0.364. The molecule has 0 saturated carbocycles. The van der Waals surface area contributed by atoms with Crippen molar-refractivity contribution in [3.8, 4) is 0 Å². The van der Waals surface area contributed by atoms with Crippen LogP contribution in [0.25, 0.3) is 0 Å². The summed E-state index contributed by atoms with van der Waals surface area (Å²) in [6.45, 7) is 2.70. The molecule has 0 unspecified atom stereocenters. The minimum absolute atomic E-state index is 0.0940. The average Bonchev–Trinajstić information content (AvgIpc) is 3.05. The van der Waals surface area contributed by atoms with Crippen molar-refractivity contribution in [1.82, 2.24) is 4.31 Å². The van der Waals surface area contributed by atoms with Gasteiger partial charge in [0.05, 0.1) is 22.6 Å². The maximum absolute atomic E-state index is 13.1. The minimum Gasteiger partial charge on any atom is -0.465 e. The van der Waals surface area contributed by atoms with E-state index in [4.69, 9.17) is 16.3 Å². The van der Waals surface area contributed by atoms with Gasteiger partial charge in [-0.1, -0.05) is 30.5 Å². The number of aryl methyl sites for hydroxylation is 1. The summed E-state index contributed by atoms with van der Waals surface area (Å²) in [5.41, 5.74) is 1.34. The number of nitrogens with zero attached hydrogens (tertiary/aromatic N) is 1. The van der Waals surface area contributed by atoms with Gasteiger partial charge in [0.25, 0.3) is 5.91 Å². The normalized spacial score (nSPS) is 15.2. The molecular formula is C22H25ClN2O5S. The fourth-order valence-electron chi connectivity index (χ4n) is 3.51. The van der Waals surface area contributed by atoms with E-state index in [9.17, 15) is 18.0 Å². The first kappa shape index (κ1) is 23.2. The van der Waals surface area contributed by atoms with Crippen LogP contribution in [0.5, 0.6) is 0 Å². The summed E-state index contributed by atoms with van der Waals surface area (Å²) < 4.78 is 32.4. The van der Waals surface area contributed by atoms with E-state index in [1.54, 1.807) is 19.1 Å². The first-order valence-corrected chi connectivity index (χ1v) is 11.9. The smallest absolute Gasteiger partial charge is 0.339 e. The Morgan fingerprint density at radius 2 is 1.68 bits per heavy atom.